The summed E-state index contributed by atoms with van der Waals surface area (Å²) < 4.78 is 5.89. The van der Waals surface area contributed by atoms with E-state index >= 15 is 0 Å². The quantitative estimate of drug-likeness (QED) is 0.520. The van der Waals surface area contributed by atoms with Crippen LogP contribution in [0.15, 0.2) is 59.1 Å². The van der Waals surface area contributed by atoms with Gasteiger partial charge in [0.05, 0.1) is 11.1 Å². The highest BCUT2D eigenvalue weighted by atomic mass is 16.5. The second-order valence-corrected chi connectivity index (χ2v) is 4.34. The van der Waals surface area contributed by atoms with E-state index in [2.05, 4.69) is 5.16 Å². The van der Waals surface area contributed by atoms with Gasteiger partial charge in [-0.2, -0.15) is 4.73 Å². The topological polar surface area (TPSA) is 53.0 Å². The fourth-order valence-corrected chi connectivity index (χ4v) is 1.88. The van der Waals surface area contributed by atoms with Crippen LogP contribution in [0, 0.1) is 12.1 Å². The third-order valence-corrected chi connectivity index (χ3v) is 2.93. The Balaban J connectivity index is 2.06. The molecule has 94 valence electrons. The van der Waals surface area contributed by atoms with Crippen molar-refractivity contribution < 1.29 is 9.25 Å². The van der Waals surface area contributed by atoms with Crippen molar-refractivity contribution in [2.24, 2.45) is 0 Å². The maximum atomic E-state index is 12.2. The van der Waals surface area contributed by atoms with Crippen molar-refractivity contribution in [2.75, 3.05) is 0 Å². The third-order valence-electron chi connectivity index (χ3n) is 2.93. The van der Waals surface area contributed by atoms with Gasteiger partial charge in [0.2, 0.25) is 0 Å². The number of aromatic nitrogens is 2. The van der Waals surface area contributed by atoms with Crippen molar-refractivity contribution in [2.45, 2.75) is 6.92 Å². The Kier molecular flexibility index (Phi) is 2.76. The molecule has 0 fully saturated rings. The lowest BCUT2D eigenvalue weighted by Gasteiger charge is -2.02. The van der Waals surface area contributed by atoms with Crippen LogP contribution in [0.25, 0.3) is 22.8 Å². The van der Waals surface area contributed by atoms with E-state index in [1.165, 1.54) is 0 Å². The van der Waals surface area contributed by atoms with Gasteiger partial charge in [-0.3, -0.25) is 0 Å². The van der Waals surface area contributed by atoms with Gasteiger partial charge in [0.15, 0.2) is 5.16 Å². The summed E-state index contributed by atoms with van der Waals surface area (Å²) >= 11 is 0. The number of benzene rings is 2. The maximum Gasteiger partial charge on any atom is 0.383 e. The Bertz CT molecular complexity index is 688. The molecule has 0 aliphatic carbocycles. The lowest BCUT2D eigenvalue weighted by atomic mass is 10.1. The van der Waals surface area contributed by atoms with Crippen LogP contribution in [-0.2, 0) is 0 Å². The summed E-state index contributed by atoms with van der Waals surface area (Å²) in [6, 6.07) is 16.8. The van der Waals surface area contributed by atoms with Crippen LogP contribution >= 0.6 is 0 Å². The molecule has 4 heteroatoms. The minimum absolute atomic E-state index is 0.205. The van der Waals surface area contributed by atoms with Gasteiger partial charge in [0.1, 0.15) is 0 Å². The Morgan fingerprint density at radius 2 is 1.63 bits per heavy atom. The predicted octanol–water partition coefficient (Wildman–Crippen LogP) is 2.95. The largest absolute Gasteiger partial charge is 0.708 e. The molecule has 0 atom stereocenters. The highest BCUT2D eigenvalue weighted by molar-refractivity contribution is 5.55. The summed E-state index contributed by atoms with van der Waals surface area (Å²) in [5.74, 6) is 0.482. The van der Waals surface area contributed by atoms with Gasteiger partial charge < -0.3 is 5.21 Å². The zero-order chi connectivity index (χ0) is 13.2. The molecular weight excluding hydrogens is 240 g/mol. The lowest BCUT2D eigenvalue weighted by molar-refractivity contribution is -0.585. The fourth-order valence-electron chi connectivity index (χ4n) is 1.88. The molecule has 1 aromatic heterocycles. The normalized spacial score (nSPS) is 10.6. The van der Waals surface area contributed by atoms with Crippen LogP contribution in [0.1, 0.15) is 5.56 Å². The van der Waals surface area contributed by atoms with E-state index in [0.29, 0.717) is 5.56 Å². The first-order chi connectivity index (χ1) is 9.25. The van der Waals surface area contributed by atoms with E-state index in [1.807, 2.05) is 61.5 Å². The molecule has 4 nitrogen and oxygen atoms in total. The van der Waals surface area contributed by atoms with E-state index < -0.39 is 0 Å². The Labute approximate surface area is 110 Å². The molecule has 0 aliphatic heterocycles. The van der Waals surface area contributed by atoms with Crippen LogP contribution in [0.2, 0.25) is 0 Å². The Morgan fingerprint density at radius 1 is 0.947 bits per heavy atom. The Morgan fingerprint density at radius 3 is 2.32 bits per heavy atom. The third kappa shape index (κ3) is 2.08. The van der Waals surface area contributed by atoms with E-state index in [4.69, 9.17) is 4.52 Å². The standard InChI is InChI=1S/C15H12N2O2/c1-11-7-9-12(10-8-11)14-16-19-15(17(14)18)13-5-3-2-4-6-13/h2-10H,1H3. The van der Waals surface area contributed by atoms with Gasteiger partial charge >= 0.3 is 11.7 Å². The summed E-state index contributed by atoms with van der Waals surface area (Å²) in [7, 11) is 0. The van der Waals surface area contributed by atoms with Crippen molar-refractivity contribution in [3.63, 3.8) is 0 Å². The molecule has 0 bridgehead atoms. The predicted molar refractivity (Wildman–Crippen MR) is 71.1 cm³/mol. The molecule has 0 unspecified atom stereocenters. The fraction of sp³-hybridized carbons (Fsp3) is 0.0667. The molecule has 0 saturated heterocycles. The van der Waals surface area contributed by atoms with Gasteiger partial charge in [-0.1, -0.05) is 35.9 Å². The molecule has 0 saturated carbocycles. The van der Waals surface area contributed by atoms with Gasteiger partial charge in [-0.15, -0.1) is 0 Å². The summed E-state index contributed by atoms with van der Waals surface area (Å²) in [4.78, 5) is 0. The van der Waals surface area contributed by atoms with E-state index in [-0.39, 0.29) is 11.7 Å². The minimum atomic E-state index is 0.205. The van der Waals surface area contributed by atoms with Gasteiger partial charge in [0, 0.05) is 0 Å². The van der Waals surface area contributed by atoms with Crippen LogP contribution in [-0.4, -0.2) is 5.16 Å². The number of hydrogen-bond donors (Lipinski definition) is 0. The number of hydrogen-bond acceptors (Lipinski definition) is 3. The average molecular weight is 252 g/mol. The van der Waals surface area contributed by atoms with E-state index in [9.17, 15) is 5.21 Å². The maximum absolute atomic E-state index is 12.2. The van der Waals surface area contributed by atoms with E-state index in [1.54, 1.807) is 0 Å². The smallest absolute Gasteiger partial charge is 0.383 e. The monoisotopic (exact) mass is 252 g/mol. The molecule has 0 aliphatic rings. The lowest BCUT2D eigenvalue weighted by Crippen LogP contribution is -2.29. The molecule has 0 N–H and O–H groups in total. The molecule has 19 heavy (non-hydrogen) atoms. The molecule has 1 heterocycles. The van der Waals surface area contributed by atoms with Crippen molar-refractivity contribution in [1.29, 1.82) is 0 Å². The van der Waals surface area contributed by atoms with Gasteiger partial charge in [-0.05, 0) is 31.2 Å². The molecule has 0 radical (unpaired) electrons. The van der Waals surface area contributed by atoms with Crippen LogP contribution in [0.4, 0.5) is 0 Å². The SMILES string of the molecule is Cc1ccc(-c2noc(-c3ccccc3)[n+]2[O-])cc1. The van der Waals surface area contributed by atoms with Gasteiger partial charge in [-0.25, -0.2) is 4.52 Å². The summed E-state index contributed by atoms with van der Waals surface area (Å²) in [5.41, 5.74) is 2.59. The van der Waals surface area contributed by atoms with Crippen LogP contribution in [0.3, 0.4) is 0 Å². The highest BCUT2D eigenvalue weighted by Crippen LogP contribution is 2.20. The molecule has 3 rings (SSSR count). The van der Waals surface area contributed by atoms with Crippen molar-refractivity contribution in [3.05, 3.63) is 65.4 Å². The zero-order valence-electron chi connectivity index (χ0n) is 10.4. The Hall–Kier alpha value is -2.62. The van der Waals surface area contributed by atoms with Crippen molar-refractivity contribution in [1.82, 2.24) is 5.16 Å². The molecule has 3 aromatic rings. The zero-order valence-corrected chi connectivity index (χ0v) is 10.4. The van der Waals surface area contributed by atoms with Crippen LogP contribution in [0.5, 0.6) is 0 Å². The summed E-state index contributed by atoms with van der Waals surface area (Å²) in [5, 5.41) is 16.1. The second-order valence-electron chi connectivity index (χ2n) is 4.34. The number of aryl methyl sites for hydroxylation is 1. The van der Waals surface area contributed by atoms with Crippen LogP contribution < -0.4 is 4.73 Å². The summed E-state index contributed by atoms with van der Waals surface area (Å²) in [6.07, 6.45) is 0. The van der Waals surface area contributed by atoms with E-state index in [0.717, 1.165) is 15.9 Å². The summed E-state index contributed by atoms with van der Waals surface area (Å²) in [6.45, 7) is 1.99. The highest BCUT2D eigenvalue weighted by Gasteiger charge is 2.21. The first kappa shape index (κ1) is 11.5. The first-order valence-corrected chi connectivity index (χ1v) is 5.97. The molecular formula is C15H12N2O2. The van der Waals surface area contributed by atoms with Gasteiger partial charge in [0.25, 0.3) is 0 Å². The minimum Gasteiger partial charge on any atom is -0.708 e. The number of nitrogens with zero attached hydrogens (tertiary/aromatic N) is 2. The van der Waals surface area contributed by atoms with Crippen molar-refractivity contribution >= 4 is 0 Å². The molecule has 0 amide bonds. The molecule has 2 aromatic carbocycles. The average Bonchev–Trinajstić information content (AvgIpc) is 2.83. The second kappa shape index (κ2) is 4.57. The first-order valence-electron chi connectivity index (χ1n) is 5.97. The number of rotatable bonds is 2. The van der Waals surface area contributed by atoms with Crippen molar-refractivity contribution in [3.8, 4) is 22.8 Å². The molecule has 0 spiro atoms.